The fourth-order valence-electron chi connectivity index (χ4n) is 3.43. The van der Waals surface area contributed by atoms with Crippen molar-refractivity contribution in [2.24, 2.45) is 0 Å². The highest BCUT2D eigenvalue weighted by Gasteiger charge is 2.19. The van der Waals surface area contributed by atoms with E-state index in [1.165, 1.54) is 0 Å². The van der Waals surface area contributed by atoms with Gasteiger partial charge in [0, 0.05) is 22.9 Å². The van der Waals surface area contributed by atoms with E-state index in [2.05, 4.69) is 12.1 Å². The van der Waals surface area contributed by atoms with E-state index in [1.54, 1.807) is 11.5 Å². The van der Waals surface area contributed by atoms with Gasteiger partial charge in [0.25, 0.3) is 0 Å². The SMILES string of the molecule is CC(=O)n1c(C=Cc2ccccc2)c(-c2ccccc2)c2cc(Cl)ccc21. The molecule has 0 N–H and O–H groups in total. The summed E-state index contributed by atoms with van der Waals surface area (Å²) in [5.41, 5.74) is 4.86. The molecule has 3 heteroatoms. The average Bonchev–Trinajstić information content (AvgIpc) is 3.01. The Morgan fingerprint density at radius 2 is 1.56 bits per heavy atom. The molecule has 4 aromatic rings. The highest BCUT2D eigenvalue weighted by atomic mass is 35.5. The topological polar surface area (TPSA) is 22.0 Å². The van der Waals surface area contributed by atoms with Crippen LogP contribution in [0.2, 0.25) is 5.02 Å². The van der Waals surface area contributed by atoms with Crippen LogP contribution in [0.1, 0.15) is 23.0 Å². The van der Waals surface area contributed by atoms with Gasteiger partial charge in [-0.15, -0.1) is 0 Å². The molecule has 0 saturated carbocycles. The number of fused-ring (bicyclic) bond motifs is 1. The molecule has 0 aliphatic rings. The Kier molecular flexibility index (Phi) is 4.66. The van der Waals surface area contributed by atoms with Gasteiger partial charge in [-0.25, -0.2) is 0 Å². The number of hydrogen-bond donors (Lipinski definition) is 0. The van der Waals surface area contributed by atoms with Crippen LogP contribution in [0, 0.1) is 0 Å². The van der Waals surface area contributed by atoms with Crippen molar-refractivity contribution in [2.75, 3.05) is 0 Å². The first-order chi connectivity index (χ1) is 13.1. The number of carbonyl (C=O) groups excluding carboxylic acids is 1. The number of carbonyl (C=O) groups is 1. The van der Waals surface area contributed by atoms with Crippen LogP contribution in [0.4, 0.5) is 0 Å². The van der Waals surface area contributed by atoms with Gasteiger partial charge in [0.05, 0.1) is 11.2 Å². The maximum absolute atomic E-state index is 12.5. The van der Waals surface area contributed by atoms with Crippen molar-refractivity contribution in [3.8, 4) is 11.1 Å². The van der Waals surface area contributed by atoms with Crippen LogP contribution in [0.25, 0.3) is 34.2 Å². The van der Waals surface area contributed by atoms with Gasteiger partial charge < -0.3 is 0 Å². The van der Waals surface area contributed by atoms with E-state index in [1.807, 2.05) is 78.9 Å². The minimum absolute atomic E-state index is 0.0304. The van der Waals surface area contributed by atoms with E-state index < -0.39 is 0 Å². The Labute approximate surface area is 163 Å². The lowest BCUT2D eigenvalue weighted by Crippen LogP contribution is -2.07. The molecule has 132 valence electrons. The van der Waals surface area contributed by atoms with E-state index in [0.717, 1.165) is 33.3 Å². The number of rotatable bonds is 3. The second-order valence-corrected chi connectivity index (χ2v) is 6.82. The van der Waals surface area contributed by atoms with Crippen molar-refractivity contribution in [1.29, 1.82) is 0 Å². The number of hydrogen-bond acceptors (Lipinski definition) is 1. The van der Waals surface area contributed by atoms with Crippen molar-refractivity contribution in [1.82, 2.24) is 4.57 Å². The average molecular weight is 372 g/mol. The van der Waals surface area contributed by atoms with Crippen molar-refractivity contribution in [3.05, 3.63) is 95.1 Å². The maximum Gasteiger partial charge on any atom is 0.228 e. The van der Waals surface area contributed by atoms with E-state index >= 15 is 0 Å². The van der Waals surface area contributed by atoms with Gasteiger partial charge in [-0.05, 0) is 35.4 Å². The molecule has 0 aliphatic carbocycles. The Balaban J connectivity index is 2.04. The zero-order chi connectivity index (χ0) is 18.8. The second kappa shape index (κ2) is 7.26. The van der Waals surface area contributed by atoms with Crippen LogP contribution in [0.5, 0.6) is 0 Å². The molecule has 1 aromatic heterocycles. The first-order valence-electron chi connectivity index (χ1n) is 8.78. The zero-order valence-electron chi connectivity index (χ0n) is 14.9. The fourth-order valence-corrected chi connectivity index (χ4v) is 3.60. The molecular weight excluding hydrogens is 354 g/mol. The van der Waals surface area contributed by atoms with E-state index in [9.17, 15) is 4.79 Å². The lowest BCUT2D eigenvalue weighted by molar-refractivity contribution is 0.0941. The predicted molar refractivity (Wildman–Crippen MR) is 114 cm³/mol. The Morgan fingerprint density at radius 1 is 0.889 bits per heavy atom. The quantitative estimate of drug-likeness (QED) is 0.388. The molecule has 0 unspecified atom stereocenters. The van der Waals surface area contributed by atoms with Gasteiger partial charge in [0.2, 0.25) is 5.91 Å². The molecule has 0 aliphatic heterocycles. The number of halogens is 1. The first kappa shape index (κ1) is 17.3. The molecule has 0 amide bonds. The van der Waals surface area contributed by atoms with Crippen LogP contribution < -0.4 is 0 Å². The van der Waals surface area contributed by atoms with Crippen LogP contribution >= 0.6 is 11.6 Å². The Hall–Kier alpha value is -3.10. The van der Waals surface area contributed by atoms with Crippen LogP contribution in [-0.2, 0) is 0 Å². The van der Waals surface area contributed by atoms with Crippen molar-refractivity contribution in [3.63, 3.8) is 0 Å². The summed E-state index contributed by atoms with van der Waals surface area (Å²) in [6.07, 6.45) is 4.04. The largest absolute Gasteiger partial charge is 0.280 e. The Morgan fingerprint density at radius 3 is 2.22 bits per heavy atom. The lowest BCUT2D eigenvalue weighted by atomic mass is 10.0. The molecule has 0 saturated heterocycles. The molecule has 3 aromatic carbocycles. The molecule has 0 bridgehead atoms. The molecule has 0 spiro atoms. The van der Waals surface area contributed by atoms with E-state index in [4.69, 9.17) is 11.6 Å². The summed E-state index contributed by atoms with van der Waals surface area (Å²) in [6, 6.07) is 25.8. The van der Waals surface area contributed by atoms with Gasteiger partial charge in [-0.1, -0.05) is 78.3 Å². The summed E-state index contributed by atoms with van der Waals surface area (Å²) in [4.78, 5) is 12.5. The summed E-state index contributed by atoms with van der Waals surface area (Å²) in [5.74, 6) is -0.0304. The first-order valence-corrected chi connectivity index (χ1v) is 9.16. The van der Waals surface area contributed by atoms with Crippen molar-refractivity contribution < 1.29 is 4.79 Å². The molecule has 0 fully saturated rings. The molecule has 1 heterocycles. The third-order valence-corrected chi connectivity index (χ3v) is 4.81. The monoisotopic (exact) mass is 371 g/mol. The molecule has 0 radical (unpaired) electrons. The van der Waals surface area contributed by atoms with Crippen LogP contribution in [0.15, 0.2) is 78.9 Å². The van der Waals surface area contributed by atoms with Crippen LogP contribution in [0.3, 0.4) is 0 Å². The second-order valence-electron chi connectivity index (χ2n) is 6.39. The molecule has 2 nitrogen and oxygen atoms in total. The number of benzene rings is 3. The summed E-state index contributed by atoms with van der Waals surface area (Å²) in [6.45, 7) is 1.59. The number of aromatic nitrogens is 1. The minimum atomic E-state index is -0.0304. The summed E-state index contributed by atoms with van der Waals surface area (Å²) >= 11 is 6.28. The predicted octanol–water partition coefficient (Wildman–Crippen LogP) is 6.79. The van der Waals surface area contributed by atoms with Gasteiger partial charge >= 0.3 is 0 Å². The van der Waals surface area contributed by atoms with Crippen molar-refractivity contribution >= 4 is 40.6 Å². The van der Waals surface area contributed by atoms with Gasteiger partial charge in [0.1, 0.15) is 0 Å². The van der Waals surface area contributed by atoms with Crippen LogP contribution in [-0.4, -0.2) is 10.5 Å². The molecular formula is C24H18ClNO. The lowest BCUT2D eigenvalue weighted by Gasteiger charge is -2.06. The highest BCUT2D eigenvalue weighted by molar-refractivity contribution is 6.31. The minimum Gasteiger partial charge on any atom is -0.280 e. The van der Waals surface area contributed by atoms with E-state index in [0.29, 0.717) is 5.02 Å². The molecule has 4 rings (SSSR count). The third kappa shape index (κ3) is 3.32. The molecule has 27 heavy (non-hydrogen) atoms. The summed E-state index contributed by atoms with van der Waals surface area (Å²) < 4.78 is 1.76. The van der Waals surface area contributed by atoms with Gasteiger partial charge in [-0.3, -0.25) is 9.36 Å². The fraction of sp³-hybridized carbons (Fsp3) is 0.0417. The maximum atomic E-state index is 12.5. The third-order valence-electron chi connectivity index (χ3n) is 4.58. The Bertz CT molecular complexity index is 1140. The molecule has 0 atom stereocenters. The smallest absolute Gasteiger partial charge is 0.228 e. The van der Waals surface area contributed by atoms with E-state index in [-0.39, 0.29) is 5.91 Å². The normalized spacial score (nSPS) is 11.3. The number of nitrogens with zero attached hydrogens (tertiary/aromatic N) is 1. The summed E-state index contributed by atoms with van der Waals surface area (Å²) in [7, 11) is 0. The standard InChI is InChI=1S/C24H18ClNO/c1-17(27)26-22-15-13-20(25)16-21(22)24(19-10-6-3-7-11-19)23(26)14-12-18-8-4-2-5-9-18/h2-16H,1H3. The van der Waals surface area contributed by atoms with Crippen molar-refractivity contribution in [2.45, 2.75) is 6.92 Å². The van der Waals surface area contributed by atoms with Gasteiger partial charge in [-0.2, -0.15) is 0 Å². The zero-order valence-corrected chi connectivity index (χ0v) is 15.6. The van der Waals surface area contributed by atoms with Gasteiger partial charge in [0.15, 0.2) is 0 Å². The summed E-state index contributed by atoms with van der Waals surface area (Å²) in [5, 5.41) is 1.62. The highest BCUT2D eigenvalue weighted by Crippen LogP contribution is 2.37.